The fourth-order valence-electron chi connectivity index (χ4n) is 4.12. The maximum atomic E-state index is 13.4. The van der Waals surface area contributed by atoms with E-state index < -0.39 is 47.4 Å². The Hall–Kier alpha value is -3.83. The van der Waals surface area contributed by atoms with Crippen molar-refractivity contribution in [1.82, 2.24) is 14.7 Å². The van der Waals surface area contributed by atoms with Gasteiger partial charge in [0.2, 0.25) is 5.91 Å². The molecule has 0 aliphatic rings. The van der Waals surface area contributed by atoms with E-state index in [-0.39, 0.29) is 18.0 Å². The van der Waals surface area contributed by atoms with E-state index in [0.717, 1.165) is 16.0 Å². The highest BCUT2D eigenvalue weighted by Gasteiger charge is 2.38. The molecule has 2 aromatic carbocycles. The summed E-state index contributed by atoms with van der Waals surface area (Å²) in [5, 5.41) is 7.40. The van der Waals surface area contributed by atoms with E-state index in [9.17, 15) is 35.9 Å². The second kappa shape index (κ2) is 11.6. The van der Waals surface area contributed by atoms with Gasteiger partial charge in [0.05, 0.1) is 22.5 Å². The molecule has 0 radical (unpaired) electrons. The molecule has 0 saturated heterocycles. The lowest BCUT2D eigenvalue weighted by atomic mass is 9.92. The predicted molar refractivity (Wildman–Crippen MR) is 143 cm³/mol. The number of rotatable bonds is 7. The first kappa shape index (κ1) is 31.7. The summed E-state index contributed by atoms with van der Waals surface area (Å²) in [6, 6.07) is 7.97. The van der Waals surface area contributed by atoms with Gasteiger partial charge in [-0.25, -0.2) is 4.68 Å². The van der Waals surface area contributed by atoms with Crippen LogP contribution in [0.5, 0.6) is 0 Å². The summed E-state index contributed by atoms with van der Waals surface area (Å²) in [7, 11) is 0. The maximum Gasteiger partial charge on any atom is 0.416 e. The smallest absolute Gasteiger partial charge is 0.329 e. The van der Waals surface area contributed by atoms with Crippen LogP contribution in [0.3, 0.4) is 0 Å². The van der Waals surface area contributed by atoms with Gasteiger partial charge in [-0.15, -0.1) is 0 Å². The standard InChI is InChI=1S/C29H32F6N4O2/c1-7-11-38(26(41)19-12-20(28(30,31)32)14-21(13-19)29(33,34)35)16-25(40)36-24-15-23(27(4,5)6)37-39(24)22-10-8-9-17(2)18(22)3/h8-10,12-15H,7,11,16H2,1-6H3,(H,36,40). The maximum absolute atomic E-state index is 13.4. The van der Waals surface area contributed by atoms with Gasteiger partial charge in [0.15, 0.2) is 0 Å². The van der Waals surface area contributed by atoms with Crippen molar-refractivity contribution < 1.29 is 35.9 Å². The molecule has 2 amide bonds. The van der Waals surface area contributed by atoms with Gasteiger partial charge >= 0.3 is 12.4 Å². The average molecular weight is 583 g/mol. The first-order chi connectivity index (χ1) is 18.8. The molecule has 0 aliphatic heterocycles. The Labute approximate surface area is 234 Å². The van der Waals surface area contributed by atoms with Crippen LogP contribution in [-0.4, -0.2) is 39.6 Å². The topological polar surface area (TPSA) is 67.2 Å². The number of amides is 2. The third kappa shape index (κ3) is 7.47. The highest BCUT2D eigenvalue weighted by Crippen LogP contribution is 2.36. The number of nitrogens with one attached hydrogen (secondary N) is 1. The first-order valence-electron chi connectivity index (χ1n) is 12.9. The first-order valence-corrected chi connectivity index (χ1v) is 12.9. The Morgan fingerprint density at radius 3 is 2.02 bits per heavy atom. The summed E-state index contributed by atoms with van der Waals surface area (Å²) in [4.78, 5) is 27.3. The van der Waals surface area contributed by atoms with Crippen molar-refractivity contribution in [3.8, 4) is 5.69 Å². The van der Waals surface area contributed by atoms with E-state index in [1.54, 1.807) is 17.7 Å². The van der Waals surface area contributed by atoms with E-state index in [0.29, 0.717) is 35.8 Å². The molecule has 0 aliphatic carbocycles. The number of hydrogen-bond acceptors (Lipinski definition) is 3. The van der Waals surface area contributed by atoms with Crippen molar-refractivity contribution in [1.29, 1.82) is 0 Å². The van der Waals surface area contributed by atoms with Gasteiger partial charge in [-0.1, -0.05) is 39.8 Å². The number of carbonyl (C=O) groups is 2. The molecule has 1 aromatic heterocycles. The molecule has 3 aromatic rings. The van der Waals surface area contributed by atoms with Crippen LogP contribution < -0.4 is 5.32 Å². The number of alkyl halides is 6. The summed E-state index contributed by atoms with van der Waals surface area (Å²) >= 11 is 0. The minimum atomic E-state index is -5.11. The van der Waals surface area contributed by atoms with Crippen LogP contribution in [0.1, 0.15) is 72.4 Å². The Bertz CT molecular complexity index is 1400. The molecule has 0 spiro atoms. The minimum Gasteiger partial charge on any atom is -0.329 e. The number of halogens is 6. The molecule has 3 rings (SSSR count). The summed E-state index contributed by atoms with van der Waals surface area (Å²) < 4.78 is 81.7. The zero-order chi connectivity index (χ0) is 30.9. The van der Waals surface area contributed by atoms with Gasteiger partial charge in [0.1, 0.15) is 12.4 Å². The average Bonchev–Trinajstić information content (AvgIpc) is 3.27. The molecule has 6 nitrogen and oxygen atoms in total. The summed E-state index contributed by atoms with van der Waals surface area (Å²) in [5.41, 5.74) is -1.13. The second-order valence-corrected chi connectivity index (χ2v) is 10.9. The van der Waals surface area contributed by atoms with Gasteiger partial charge in [0.25, 0.3) is 5.91 Å². The number of carbonyl (C=O) groups excluding carboxylic acids is 2. The number of nitrogens with zero attached hydrogens (tertiary/aromatic N) is 3. The van der Waals surface area contributed by atoms with E-state index >= 15 is 0 Å². The van der Waals surface area contributed by atoms with Crippen LogP contribution in [-0.2, 0) is 22.6 Å². The normalized spacial score (nSPS) is 12.4. The zero-order valence-electron chi connectivity index (χ0n) is 23.6. The molecular weight excluding hydrogens is 550 g/mol. The van der Waals surface area contributed by atoms with Crippen molar-refractivity contribution in [3.05, 3.63) is 76.0 Å². The monoisotopic (exact) mass is 582 g/mol. The molecule has 12 heteroatoms. The van der Waals surface area contributed by atoms with Gasteiger partial charge in [-0.2, -0.15) is 31.4 Å². The molecule has 0 saturated carbocycles. The fraction of sp³-hybridized carbons (Fsp3) is 0.414. The van der Waals surface area contributed by atoms with Gasteiger partial charge in [0, 0.05) is 23.6 Å². The minimum absolute atomic E-state index is 0.0467. The van der Waals surface area contributed by atoms with Gasteiger partial charge in [-0.3, -0.25) is 9.59 Å². The van der Waals surface area contributed by atoms with Crippen LogP contribution >= 0.6 is 0 Å². The van der Waals surface area contributed by atoms with Crippen LogP contribution in [0.2, 0.25) is 0 Å². The Balaban J connectivity index is 1.97. The predicted octanol–water partition coefficient (Wildman–Crippen LogP) is 7.32. The molecule has 0 bridgehead atoms. The molecule has 1 N–H and O–H groups in total. The largest absolute Gasteiger partial charge is 0.416 e. The third-order valence-electron chi connectivity index (χ3n) is 6.50. The highest BCUT2D eigenvalue weighted by atomic mass is 19.4. The van der Waals surface area contributed by atoms with Crippen molar-refractivity contribution in [2.24, 2.45) is 0 Å². The Kier molecular flexibility index (Phi) is 8.95. The van der Waals surface area contributed by atoms with Crippen LogP contribution in [0, 0.1) is 13.8 Å². The number of hydrogen-bond donors (Lipinski definition) is 1. The lowest BCUT2D eigenvalue weighted by Crippen LogP contribution is -2.39. The van der Waals surface area contributed by atoms with Crippen molar-refractivity contribution in [3.63, 3.8) is 0 Å². The second-order valence-electron chi connectivity index (χ2n) is 10.9. The number of aromatic nitrogens is 2. The number of benzene rings is 2. The molecule has 0 atom stereocenters. The van der Waals surface area contributed by atoms with Crippen LogP contribution in [0.15, 0.2) is 42.5 Å². The van der Waals surface area contributed by atoms with Crippen molar-refractivity contribution in [2.45, 2.75) is 65.7 Å². The van der Waals surface area contributed by atoms with Crippen LogP contribution in [0.25, 0.3) is 5.69 Å². The van der Waals surface area contributed by atoms with E-state index in [1.165, 1.54) is 0 Å². The zero-order valence-corrected chi connectivity index (χ0v) is 23.6. The molecule has 0 fully saturated rings. The van der Waals surface area contributed by atoms with E-state index in [4.69, 9.17) is 0 Å². The lowest BCUT2D eigenvalue weighted by molar-refractivity contribution is -0.143. The lowest BCUT2D eigenvalue weighted by Gasteiger charge is -2.23. The quantitative estimate of drug-likeness (QED) is 0.297. The molecule has 41 heavy (non-hydrogen) atoms. The molecule has 222 valence electrons. The van der Waals surface area contributed by atoms with Crippen LogP contribution in [0.4, 0.5) is 32.2 Å². The Morgan fingerprint density at radius 1 is 0.927 bits per heavy atom. The SMILES string of the molecule is CCCN(CC(=O)Nc1cc(C(C)(C)C)nn1-c1cccc(C)c1C)C(=O)c1cc(C(F)(F)F)cc(C(F)(F)F)c1. The van der Waals surface area contributed by atoms with Gasteiger partial charge < -0.3 is 10.2 Å². The number of anilines is 1. The van der Waals surface area contributed by atoms with E-state index in [1.807, 2.05) is 52.8 Å². The highest BCUT2D eigenvalue weighted by molar-refractivity contribution is 5.99. The Morgan fingerprint density at radius 2 is 1.51 bits per heavy atom. The van der Waals surface area contributed by atoms with Crippen molar-refractivity contribution >= 4 is 17.6 Å². The number of aryl methyl sites for hydroxylation is 1. The fourth-order valence-corrected chi connectivity index (χ4v) is 4.12. The van der Waals surface area contributed by atoms with E-state index in [2.05, 4.69) is 10.4 Å². The molecule has 0 unspecified atom stereocenters. The summed E-state index contributed by atoms with van der Waals surface area (Å²) in [5.74, 6) is -1.52. The third-order valence-corrected chi connectivity index (χ3v) is 6.50. The van der Waals surface area contributed by atoms with Crippen molar-refractivity contribution in [2.75, 3.05) is 18.4 Å². The molecule has 1 heterocycles. The van der Waals surface area contributed by atoms with Gasteiger partial charge in [-0.05, 0) is 55.7 Å². The molecular formula is C29H32F6N4O2. The summed E-state index contributed by atoms with van der Waals surface area (Å²) in [6.07, 6.45) is -9.92. The summed E-state index contributed by atoms with van der Waals surface area (Å²) in [6.45, 7) is 10.6.